The molecule has 1 aromatic carbocycles. The number of carbonyl (C=O) groups is 3. The predicted octanol–water partition coefficient (Wildman–Crippen LogP) is 3.72. The summed E-state index contributed by atoms with van der Waals surface area (Å²) in [5.74, 6) is 0.369. The van der Waals surface area contributed by atoms with E-state index in [1.807, 2.05) is 24.3 Å². The van der Waals surface area contributed by atoms with Crippen LogP contribution in [0, 0.1) is 0 Å². The number of imide groups is 3. The number of methoxy groups -OCH3 is 1. The van der Waals surface area contributed by atoms with E-state index < -0.39 is 29.2 Å². The second-order valence-corrected chi connectivity index (χ2v) is 8.36. The van der Waals surface area contributed by atoms with Gasteiger partial charge >= 0.3 is 12.1 Å². The number of ether oxygens (including phenoxy) is 2. The molecule has 0 aliphatic carbocycles. The van der Waals surface area contributed by atoms with E-state index in [0.29, 0.717) is 4.90 Å². The number of nitrogens with zero attached hydrogens (tertiary/aromatic N) is 2. The summed E-state index contributed by atoms with van der Waals surface area (Å²) in [6, 6.07) is 6.69. The Kier molecular flexibility index (Phi) is 5.55. The van der Waals surface area contributed by atoms with Gasteiger partial charge in [-0.15, -0.1) is 11.8 Å². The zero-order valence-corrected chi connectivity index (χ0v) is 16.7. The minimum atomic E-state index is -1.13. The molecule has 0 saturated carbocycles. The number of thioether (sulfide) groups is 1. The smallest absolute Gasteiger partial charge is 0.425 e. The Balaban J connectivity index is 2.13. The van der Waals surface area contributed by atoms with Gasteiger partial charge in [-0.2, -0.15) is 4.90 Å². The van der Waals surface area contributed by atoms with Crippen molar-refractivity contribution in [1.29, 1.82) is 0 Å². The van der Waals surface area contributed by atoms with Crippen LogP contribution in [0.5, 0.6) is 5.75 Å². The van der Waals surface area contributed by atoms with Crippen LogP contribution < -0.4 is 4.74 Å². The molecule has 8 heteroatoms. The van der Waals surface area contributed by atoms with E-state index in [9.17, 15) is 14.4 Å². The Morgan fingerprint density at radius 2 is 1.73 bits per heavy atom. The molecule has 0 atom stereocenters. The third kappa shape index (κ3) is 4.12. The first kappa shape index (κ1) is 20.1. The van der Waals surface area contributed by atoms with Crippen LogP contribution in [0.15, 0.2) is 29.2 Å². The molecule has 1 aromatic rings. The summed E-state index contributed by atoms with van der Waals surface area (Å²) in [5, 5.41) is 0. The number of hydrogen-bond donors (Lipinski definition) is 0. The summed E-state index contributed by atoms with van der Waals surface area (Å²) in [4.78, 5) is 40.4. The van der Waals surface area contributed by atoms with E-state index in [4.69, 9.17) is 9.47 Å². The first-order valence-electron chi connectivity index (χ1n) is 8.13. The lowest BCUT2D eigenvalue weighted by Crippen LogP contribution is -2.44. The fraction of sp³-hybridized carbons (Fsp3) is 0.500. The van der Waals surface area contributed by atoms with Crippen molar-refractivity contribution in [3.05, 3.63) is 24.3 Å². The second-order valence-electron chi connectivity index (χ2n) is 7.34. The van der Waals surface area contributed by atoms with Crippen molar-refractivity contribution in [2.24, 2.45) is 0 Å². The van der Waals surface area contributed by atoms with Crippen LogP contribution in [0.3, 0.4) is 0 Å². The third-order valence-corrected chi connectivity index (χ3v) is 4.81. The van der Waals surface area contributed by atoms with Gasteiger partial charge in [0, 0.05) is 4.90 Å². The summed E-state index contributed by atoms with van der Waals surface area (Å²) in [6.45, 7) is 8.27. The lowest BCUT2D eigenvalue weighted by molar-refractivity contribution is -0.131. The van der Waals surface area contributed by atoms with Crippen molar-refractivity contribution in [2.75, 3.05) is 13.0 Å². The topological polar surface area (TPSA) is 76.2 Å². The molecule has 1 heterocycles. The standard InChI is InChI=1S/C18H24N2O5S/c1-17(2,3)25-16(23)20-14(21)18(4,5)19(15(20)22)11-26-13-9-7-12(24-6)8-10-13/h7-10H,11H2,1-6H3. The Hall–Kier alpha value is -2.22. The summed E-state index contributed by atoms with van der Waals surface area (Å²) >= 11 is 1.39. The lowest BCUT2D eigenvalue weighted by Gasteiger charge is -2.27. The quantitative estimate of drug-likeness (QED) is 0.585. The van der Waals surface area contributed by atoms with Crippen LogP contribution in [0.2, 0.25) is 0 Å². The average Bonchev–Trinajstić information content (AvgIpc) is 2.70. The fourth-order valence-electron chi connectivity index (χ4n) is 2.33. The molecule has 0 N–H and O–H groups in total. The largest absolute Gasteiger partial charge is 0.497 e. The van der Waals surface area contributed by atoms with E-state index >= 15 is 0 Å². The molecule has 1 fully saturated rings. The molecule has 0 spiro atoms. The third-order valence-electron chi connectivity index (χ3n) is 3.82. The van der Waals surface area contributed by atoms with E-state index in [1.165, 1.54) is 16.7 Å². The number of hydrogen-bond acceptors (Lipinski definition) is 6. The zero-order chi connectivity index (χ0) is 19.7. The highest BCUT2D eigenvalue weighted by Crippen LogP contribution is 2.32. The van der Waals surface area contributed by atoms with Crippen molar-refractivity contribution in [2.45, 2.75) is 50.7 Å². The number of urea groups is 1. The van der Waals surface area contributed by atoms with E-state index in [1.54, 1.807) is 41.7 Å². The highest BCUT2D eigenvalue weighted by atomic mass is 32.2. The number of carbonyl (C=O) groups excluding carboxylic acids is 3. The maximum atomic E-state index is 12.7. The summed E-state index contributed by atoms with van der Waals surface area (Å²) in [6.07, 6.45) is -0.947. The van der Waals surface area contributed by atoms with Crippen molar-refractivity contribution < 1.29 is 23.9 Å². The average molecular weight is 380 g/mol. The molecule has 7 nitrogen and oxygen atoms in total. The molecule has 1 aliphatic rings. The monoisotopic (exact) mass is 380 g/mol. The van der Waals surface area contributed by atoms with Crippen LogP contribution in [0.1, 0.15) is 34.6 Å². The van der Waals surface area contributed by atoms with Gasteiger partial charge in [0.2, 0.25) is 0 Å². The molecular weight excluding hydrogens is 356 g/mol. The molecule has 0 aromatic heterocycles. The Morgan fingerprint density at radius 1 is 1.15 bits per heavy atom. The van der Waals surface area contributed by atoms with Gasteiger partial charge in [0.05, 0.1) is 13.0 Å². The van der Waals surface area contributed by atoms with Crippen molar-refractivity contribution >= 4 is 29.8 Å². The summed E-state index contributed by atoms with van der Waals surface area (Å²) in [5.41, 5.74) is -1.93. The zero-order valence-electron chi connectivity index (χ0n) is 15.9. The Bertz CT molecular complexity index is 709. The lowest BCUT2D eigenvalue weighted by atomic mass is 10.1. The van der Waals surface area contributed by atoms with Crippen LogP contribution in [0.25, 0.3) is 0 Å². The van der Waals surface area contributed by atoms with Gasteiger partial charge < -0.3 is 14.4 Å². The summed E-state index contributed by atoms with van der Waals surface area (Å²) < 4.78 is 10.3. The maximum Gasteiger partial charge on any atom is 0.425 e. The highest BCUT2D eigenvalue weighted by Gasteiger charge is 2.54. The van der Waals surface area contributed by atoms with Crippen molar-refractivity contribution in [3.8, 4) is 5.75 Å². The SMILES string of the molecule is COc1ccc(SCN2C(=O)N(C(=O)OC(C)(C)C)C(=O)C2(C)C)cc1. The molecule has 0 unspecified atom stereocenters. The molecule has 142 valence electrons. The van der Waals surface area contributed by atoms with Crippen LogP contribution in [-0.4, -0.2) is 52.0 Å². The fourth-order valence-corrected chi connectivity index (χ4v) is 3.37. The maximum absolute atomic E-state index is 12.7. The van der Waals surface area contributed by atoms with E-state index in [-0.39, 0.29) is 5.88 Å². The van der Waals surface area contributed by atoms with Crippen LogP contribution >= 0.6 is 11.8 Å². The van der Waals surface area contributed by atoms with Gasteiger partial charge in [0.1, 0.15) is 16.9 Å². The molecule has 0 bridgehead atoms. The first-order chi connectivity index (χ1) is 12.0. The normalized spacial score (nSPS) is 16.8. The van der Waals surface area contributed by atoms with Gasteiger partial charge in [-0.25, -0.2) is 9.59 Å². The van der Waals surface area contributed by atoms with Crippen LogP contribution in [0.4, 0.5) is 9.59 Å². The van der Waals surface area contributed by atoms with Crippen molar-refractivity contribution in [1.82, 2.24) is 9.80 Å². The molecule has 1 saturated heterocycles. The van der Waals surface area contributed by atoms with Gasteiger partial charge in [0.25, 0.3) is 5.91 Å². The minimum Gasteiger partial charge on any atom is -0.497 e. The van der Waals surface area contributed by atoms with Gasteiger partial charge in [-0.05, 0) is 58.9 Å². The van der Waals surface area contributed by atoms with E-state index in [0.717, 1.165) is 10.6 Å². The molecule has 4 amide bonds. The Labute approximate surface area is 157 Å². The van der Waals surface area contributed by atoms with Crippen LogP contribution in [-0.2, 0) is 9.53 Å². The number of benzene rings is 1. The molecule has 26 heavy (non-hydrogen) atoms. The van der Waals surface area contributed by atoms with Gasteiger partial charge in [-0.3, -0.25) is 4.79 Å². The minimum absolute atomic E-state index is 0.225. The molecule has 1 aliphatic heterocycles. The summed E-state index contributed by atoms with van der Waals surface area (Å²) in [7, 11) is 1.59. The highest BCUT2D eigenvalue weighted by molar-refractivity contribution is 7.99. The first-order valence-corrected chi connectivity index (χ1v) is 9.12. The molecular formula is C18H24N2O5S. The number of rotatable bonds is 4. The van der Waals surface area contributed by atoms with Gasteiger partial charge in [0.15, 0.2) is 0 Å². The molecule has 2 rings (SSSR count). The molecule has 0 radical (unpaired) electrons. The van der Waals surface area contributed by atoms with E-state index in [2.05, 4.69) is 0 Å². The Morgan fingerprint density at radius 3 is 2.23 bits per heavy atom. The van der Waals surface area contributed by atoms with Crippen molar-refractivity contribution in [3.63, 3.8) is 0 Å². The second kappa shape index (κ2) is 7.19. The predicted molar refractivity (Wildman–Crippen MR) is 98.1 cm³/mol. The number of amides is 4. The van der Waals surface area contributed by atoms with Gasteiger partial charge in [-0.1, -0.05) is 0 Å².